The van der Waals surface area contributed by atoms with Gasteiger partial charge >= 0.3 is 0 Å². The van der Waals surface area contributed by atoms with Crippen molar-refractivity contribution in [1.29, 1.82) is 0 Å². The van der Waals surface area contributed by atoms with Gasteiger partial charge < -0.3 is 9.67 Å². The number of aromatic nitrogens is 2. The predicted molar refractivity (Wildman–Crippen MR) is 149 cm³/mol. The van der Waals surface area contributed by atoms with Gasteiger partial charge in [-0.05, 0) is 35.3 Å². The smallest absolute Gasteiger partial charge is 0.164 e. The Morgan fingerprint density at radius 1 is 0.919 bits per heavy atom. The Bertz CT molecular complexity index is 1370. The number of aryl methyl sites for hydroxylation is 2. The van der Waals surface area contributed by atoms with Gasteiger partial charge in [-0.15, -0.1) is 34.9 Å². The van der Waals surface area contributed by atoms with Crippen molar-refractivity contribution in [2.75, 3.05) is 0 Å². The molecule has 4 nitrogen and oxygen atoms in total. The number of allylic oxidation sites excluding steroid dienone is 2. The maximum Gasteiger partial charge on any atom is 0.164 e. The summed E-state index contributed by atoms with van der Waals surface area (Å²) in [6, 6.07) is 22.3. The third-order valence-electron chi connectivity index (χ3n) is 5.78. The van der Waals surface area contributed by atoms with Crippen LogP contribution in [0.2, 0.25) is 0 Å². The second-order valence-corrected chi connectivity index (χ2v) is 11.3. The second-order valence-electron chi connectivity index (χ2n) is 11.3. The number of nitrogens with zero attached hydrogens (tertiary/aromatic N) is 2. The van der Waals surface area contributed by atoms with Crippen molar-refractivity contribution in [3.8, 4) is 16.9 Å². The number of hydrogen-bond donors (Lipinski definition) is 1. The molecule has 1 N–H and O–H groups in total. The van der Waals surface area contributed by atoms with E-state index < -0.39 is 5.41 Å². The average molecular weight is 674 g/mol. The molecule has 0 fully saturated rings. The molecule has 5 heteroatoms. The Morgan fingerprint density at radius 3 is 2.11 bits per heavy atom. The first-order valence-corrected chi connectivity index (χ1v) is 12.2. The number of aliphatic hydroxyl groups is 1. The van der Waals surface area contributed by atoms with Crippen LogP contribution in [-0.2, 0) is 24.9 Å². The molecule has 0 saturated carbocycles. The third-order valence-corrected chi connectivity index (χ3v) is 5.78. The van der Waals surface area contributed by atoms with Crippen LogP contribution in [0.5, 0.6) is 0 Å². The molecule has 0 unspecified atom stereocenters. The van der Waals surface area contributed by atoms with Gasteiger partial charge in [-0.2, -0.15) is 0 Å². The maximum absolute atomic E-state index is 11.5. The van der Waals surface area contributed by atoms with Crippen molar-refractivity contribution in [3.63, 3.8) is 0 Å². The van der Waals surface area contributed by atoms with E-state index in [2.05, 4.69) is 66.9 Å². The summed E-state index contributed by atoms with van der Waals surface area (Å²) < 4.78 is 2.09. The number of fused-ring (bicyclic) bond motifs is 1. The molecule has 2 aromatic carbocycles. The topological polar surface area (TPSA) is 55.1 Å². The summed E-state index contributed by atoms with van der Waals surface area (Å²) in [6.45, 7) is 15.3. The summed E-state index contributed by atoms with van der Waals surface area (Å²) in [4.78, 5) is 16.3. The van der Waals surface area contributed by atoms with Crippen LogP contribution < -0.4 is 0 Å². The Morgan fingerprint density at radius 2 is 1.54 bits per heavy atom. The first-order valence-electron chi connectivity index (χ1n) is 12.2. The van der Waals surface area contributed by atoms with Crippen LogP contribution in [0.25, 0.3) is 27.8 Å². The van der Waals surface area contributed by atoms with E-state index in [-0.39, 0.29) is 37.1 Å². The van der Waals surface area contributed by atoms with Crippen LogP contribution in [0.1, 0.15) is 52.7 Å². The summed E-state index contributed by atoms with van der Waals surface area (Å²) in [6.07, 6.45) is 5.42. The van der Waals surface area contributed by atoms with Crippen LogP contribution >= 0.6 is 0 Å². The molecule has 2 heterocycles. The molecular formula is C32H37IrN2O2-. The standard InChI is InChI=1S/C21H17N2.C11H20O2.Ir/c1-15-11-16(2)13-18(12-15)20-8-6-17-5-7-19(14-21(17)22-20)23-9-3-4-10-23;1-10(2,3)8(12)7-9(13)11(4,5)6;/h3-12,14H,1-2H3;7,12H,1-6H3;/q-1;;/b;8-7-;. The Labute approximate surface area is 234 Å². The van der Waals surface area contributed by atoms with Gasteiger partial charge in [-0.25, -0.2) is 0 Å². The molecule has 197 valence electrons. The number of aliphatic hydroxyl groups excluding tert-OH is 1. The normalized spacial score (nSPS) is 11.9. The van der Waals surface area contributed by atoms with Crippen molar-refractivity contribution in [1.82, 2.24) is 9.55 Å². The van der Waals surface area contributed by atoms with Crippen molar-refractivity contribution in [2.24, 2.45) is 10.8 Å². The van der Waals surface area contributed by atoms with E-state index in [9.17, 15) is 9.90 Å². The predicted octanol–water partition coefficient (Wildman–Crippen LogP) is 8.20. The average Bonchev–Trinajstić information content (AvgIpc) is 3.32. The Kier molecular flexibility index (Phi) is 9.82. The number of pyridine rings is 1. The van der Waals surface area contributed by atoms with Crippen LogP contribution in [0.4, 0.5) is 0 Å². The SMILES string of the molecule is CC(C)(C)C(=O)/C=C(\O)C(C)(C)C.Cc1[c-]c(-c2ccc3ccc(-n4cccc4)cc3n2)cc(C)c1.[Ir]. The van der Waals surface area contributed by atoms with Gasteiger partial charge in [0, 0.05) is 55.1 Å². The molecule has 4 aromatic rings. The Hall–Kier alpha value is -3.01. The number of hydrogen-bond acceptors (Lipinski definition) is 3. The van der Waals surface area contributed by atoms with Gasteiger partial charge in [-0.3, -0.25) is 9.78 Å². The monoisotopic (exact) mass is 674 g/mol. The molecule has 0 aliphatic rings. The molecule has 0 bridgehead atoms. The van der Waals surface area contributed by atoms with Crippen molar-refractivity contribution in [3.05, 3.63) is 96.0 Å². The summed E-state index contributed by atoms with van der Waals surface area (Å²) in [5, 5.41) is 10.7. The molecule has 0 saturated heterocycles. The minimum absolute atomic E-state index is 0. The fraction of sp³-hybridized carbons (Fsp3) is 0.312. The van der Waals surface area contributed by atoms with Gasteiger partial charge in [0.1, 0.15) is 5.76 Å². The van der Waals surface area contributed by atoms with Crippen molar-refractivity contribution < 1.29 is 30.0 Å². The zero-order valence-electron chi connectivity index (χ0n) is 23.0. The van der Waals surface area contributed by atoms with Crippen LogP contribution in [0, 0.1) is 30.7 Å². The fourth-order valence-electron chi connectivity index (χ4n) is 3.51. The van der Waals surface area contributed by atoms with Crippen molar-refractivity contribution in [2.45, 2.75) is 55.4 Å². The number of rotatable bonds is 3. The quantitative estimate of drug-likeness (QED) is 0.136. The Balaban J connectivity index is 0.000000299. The molecule has 0 spiro atoms. The molecule has 4 rings (SSSR count). The second kappa shape index (κ2) is 12.0. The van der Waals surface area contributed by atoms with E-state index in [1.165, 1.54) is 11.6 Å². The van der Waals surface area contributed by atoms with Crippen LogP contribution in [0.15, 0.2) is 78.8 Å². The fourth-order valence-corrected chi connectivity index (χ4v) is 3.51. The third kappa shape index (κ3) is 8.24. The zero-order chi connectivity index (χ0) is 26.7. The minimum Gasteiger partial charge on any atom is -0.512 e. The van der Waals surface area contributed by atoms with Gasteiger partial charge in [0.25, 0.3) is 0 Å². The summed E-state index contributed by atoms with van der Waals surface area (Å²) in [5.74, 6) is 0.104. The zero-order valence-corrected chi connectivity index (χ0v) is 25.4. The summed E-state index contributed by atoms with van der Waals surface area (Å²) in [7, 11) is 0. The first kappa shape index (κ1) is 30.2. The molecule has 1 radical (unpaired) electrons. The molecule has 0 aliphatic carbocycles. The van der Waals surface area contributed by atoms with Gasteiger partial charge in [0.05, 0.1) is 5.52 Å². The molecule has 2 aromatic heterocycles. The van der Waals surface area contributed by atoms with Gasteiger partial charge in [0.2, 0.25) is 0 Å². The molecule has 0 aliphatic heterocycles. The van der Waals surface area contributed by atoms with Crippen LogP contribution in [-0.4, -0.2) is 20.4 Å². The van der Waals surface area contributed by atoms with Crippen LogP contribution in [0.3, 0.4) is 0 Å². The molecule has 0 atom stereocenters. The van der Waals surface area contributed by atoms with E-state index in [1.54, 1.807) is 0 Å². The largest absolute Gasteiger partial charge is 0.512 e. The number of ketones is 1. The summed E-state index contributed by atoms with van der Waals surface area (Å²) in [5.41, 5.74) is 5.75. The number of benzene rings is 2. The van der Waals surface area contributed by atoms with E-state index in [0.29, 0.717) is 0 Å². The van der Waals surface area contributed by atoms with E-state index in [4.69, 9.17) is 4.98 Å². The van der Waals surface area contributed by atoms with Crippen molar-refractivity contribution >= 4 is 16.7 Å². The van der Waals surface area contributed by atoms with Gasteiger partial charge in [-0.1, -0.05) is 73.6 Å². The molecular weight excluding hydrogens is 637 g/mol. The number of carbonyl (C=O) groups is 1. The molecule has 0 amide bonds. The first-order chi connectivity index (χ1) is 16.7. The minimum atomic E-state index is -0.417. The van der Waals surface area contributed by atoms with Gasteiger partial charge in [0.15, 0.2) is 5.78 Å². The number of carbonyl (C=O) groups excluding carboxylic acids is 1. The molecule has 37 heavy (non-hydrogen) atoms. The summed E-state index contributed by atoms with van der Waals surface area (Å²) >= 11 is 0. The van der Waals surface area contributed by atoms with E-state index in [1.807, 2.05) is 66.1 Å². The van der Waals surface area contributed by atoms with E-state index >= 15 is 0 Å². The van der Waals surface area contributed by atoms with E-state index in [0.717, 1.165) is 33.4 Å². The maximum atomic E-state index is 11.5.